The minimum atomic E-state index is 0.671. The SMILES string of the molecule is COCCOCCNCCc1ccccc1. The molecule has 0 spiro atoms. The second kappa shape index (κ2) is 9.33. The molecule has 0 saturated carbocycles. The van der Waals surface area contributed by atoms with Crippen LogP contribution in [-0.4, -0.2) is 40.0 Å². The van der Waals surface area contributed by atoms with Gasteiger partial charge in [0.1, 0.15) is 0 Å². The van der Waals surface area contributed by atoms with Crippen molar-refractivity contribution in [3.8, 4) is 0 Å². The molecule has 0 bridgehead atoms. The van der Waals surface area contributed by atoms with E-state index in [0.29, 0.717) is 13.2 Å². The highest BCUT2D eigenvalue weighted by atomic mass is 16.5. The largest absolute Gasteiger partial charge is 0.382 e. The molecule has 0 amide bonds. The second-order valence-electron chi connectivity index (χ2n) is 3.59. The molecule has 0 aromatic heterocycles. The molecule has 3 heteroatoms. The summed E-state index contributed by atoms with van der Waals surface area (Å²) >= 11 is 0. The predicted molar refractivity (Wildman–Crippen MR) is 65.7 cm³/mol. The Balaban J connectivity index is 1.89. The molecule has 1 rings (SSSR count). The van der Waals surface area contributed by atoms with Crippen molar-refractivity contribution in [1.29, 1.82) is 0 Å². The van der Waals surface area contributed by atoms with Gasteiger partial charge in [0.25, 0.3) is 0 Å². The van der Waals surface area contributed by atoms with Crippen LogP contribution in [-0.2, 0) is 15.9 Å². The Bertz CT molecular complexity index is 251. The van der Waals surface area contributed by atoms with Gasteiger partial charge in [0.05, 0.1) is 19.8 Å². The van der Waals surface area contributed by atoms with Crippen LogP contribution < -0.4 is 5.32 Å². The van der Waals surface area contributed by atoms with Crippen LogP contribution in [0, 0.1) is 0 Å². The zero-order valence-electron chi connectivity index (χ0n) is 9.95. The lowest BCUT2D eigenvalue weighted by Crippen LogP contribution is -2.22. The zero-order valence-corrected chi connectivity index (χ0v) is 9.95. The molecule has 0 fully saturated rings. The lowest BCUT2D eigenvalue weighted by atomic mass is 10.1. The molecule has 0 saturated heterocycles. The summed E-state index contributed by atoms with van der Waals surface area (Å²) in [5, 5.41) is 3.34. The van der Waals surface area contributed by atoms with Gasteiger partial charge in [0.15, 0.2) is 0 Å². The first-order chi connectivity index (χ1) is 7.93. The molecule has 0 unspecified atom stereocenters. The van der Waals surface area contributed by atoms with E-state index in [-0.39, 0.29) is 0 Å². The number of nitrogens with one attached hydrogen (secondary N) is 1. The van der Waals surface area contributed by atoms with E-state index in [4.69, 9.17) is 9.47 Å². The average Bonchev–Trinajstić information content (AvgIpc) is 2.34. The van der Waals surface area contributed by atoms with Crippen LogP contribution in [0.5, 0.6) is 0 Å². The Hall–Kier alpha value is -0.900. The minimum Gasteiger partial charge on any atom is -0.382 e. The molecule has 0 radical (unpaired) electrons. The number of hydrogen-bond donors (Lipinski definition) is 1. The fraction of sp³-hybridized carbons (Fsp3) is 0.538. The predicted octanol–water partition coefficient (Wildman–Crippen LogP) is 1.48. The number of benzene rings is 1. The Morgan fingerprint density at radius 2 is 1.81 bits per heavy atom. The molecule has 1 aromatic rings. The highest BCUT2D eigenvalue weighted by Gasteiger charge is 1.91. The molecule has 1 N–H and O–H groups in total. The Morgan fingerprint density at radius 1 is 1.00 bits per heavy atom. The van der Waals surface area contributed by atoms with Crippen molar-refractivity contribution < 1.29 is 9.47 Å². The molecule has 0 heterocycles. The maximum absolute atomic E-state index is 5.34. The summed E-state index contributed by atoms with van der Waals surface area (Å²) in [5.41, 5.74) is 1.37. The summed E-state index contributed by atoms with van der Waals surface area (Å²) < 4.78 is 10.2. The number of hydrogen-bond acceptors (Lipinski definition) is 3. The number of rotatable bonds is 9. The molecule has 0 aliphatic rings. The van der Waals surface area contributed by atoms with E-state index in [2.05, 4.69) is 29.6 Å². The fourth-order valence-corrected chi connectivity index (χ4v) is 1.39. The van der Waals surface area contributed by atoms with Crippen LogP contribution in [0.3, 0.4) is 0 Å². The van der Waals surface area contributed by atoms with Crippen molar-refractivity contribution >= 4 is 0 Å². The molecule has 1 aromatic carbocycles. The average molecular weight is 223 g/mol. The van der Waals surface area contributed by atoms with Crippen molar-refractivity contribution in [2.24, 2.45) is 0 Å². The molecular formula is C13H21NO2. The van der Waals surface area contributed by atoms with Gasteiger partial charge < -0.3 is 14.8 Å². The summed E-state index contributed by atoms with van der Waals surface area (Å²) in [6, 6.07) is 10.5. The van der Waals surface area contributed by atoms with Crippen LogP contribution in [0.4, 0.5) is 0 Å². The molecule has 0 aliphatic carbocycles. The van der Waals surface area contributed by atoms with Gasteiger partial charge in [-0.25, -0.2) is 0 Å². The van der Waals surface area contributed by atoms with E-state index < -0.39 is 0 Å². The Labute approximate surface area is 97.8 Å². The molecule has 0 aliphatic heterocycles. The summed E-state index contributed by atoms with van der Waals surface area (Å²) in [7, 11) is 1.68. The Morgan fingerprint density at radius 3 is 2.56 bits per heavy atom. The van der Waals surface area contributed by atoms with Crippen LogP contribution in [0.1, 0.15) is 5.56 Å². The number of ether oxygens (including phenoxy) is 2. The van der Waals surface area contributed by atoms with Crippen LogP contribution >= 0.6 is 0 Å². The highest BCUT2D eigenvalue weighted by molar-refractivity contribution is 5.14. The first-order valence-electron chi connectivity index (χ1n) is 5.75. The van der Waals surface area contributed by atoms with E-state index >= 15 is 0 Å². The third kappa shape index (κ3) is 6.56. The third-order valence-electron chi connectivity index (χ3n) is 2.29. The number of methoxy groups -OCH3 is 1. The highest BCUT2D eigenvalue weighted by Crippen LogP contribution is 1.97. The van der Waals surface area contributed by atoms with Gasteiger partial charge in [-0.15, -0.1) is 0 Å². The minimum absolute atomic E-state index is 0.671. The van der Waals surface area contributed by atoms with Crippen LogP contribution in [0.15, 0.2) is 30.3 Å². The summed E-state index contributed by atoms with van der Waals surface area (Å²) in [5.74, 6) is 0. The van der Waals surface area contributed by atoms with E-state index in [1.54, 1.807) is 7.11 Å². The van der Waals surface area contributed by atoms with Crippen molar-refractivity contribution in [2.45, 2.75) is 6.42 Å². The summed E-state index contributed by atoms with van der Waals surface area (Å²) in [4.78, 5) is 0. The van der Waals surface area contributed by atoms with Crippen LogP contribution in [0.25, 0.3) is 0 Å². The first kappa shape index (κ1) is 13.2. The van der Waals surface area contributed by atoms with Crippen molar-refractivity contribution in [1.82, 2.24) is 5.32 Å². The van der Waals surface area contributed by atoms with E-state index in [9.17, 15) is 0 Å². The lowest BCUT2D eigenvalue weighted by Gasteiger charge is -2.05. The van der Waals surface area contributed by atoms with Gasteiger partial charge in [-0.05, 0) is 18.5 Å². The standard InChI is InChI=1S/C13H21NO2/c1-15-11-12-16-10-9-14-8-7-13-5-3-2-4-6-13/h2-6,14H,7-12H2,1H3. The molecule has 3 nitrogen and oxygen atoms in total. The van der Waals surface area contributed by atoms with Gasteiger partial charge in [0, 0.05) is 13.7 Å². The fourth-order valence-electron chi connectivity index (χ4n) is 1.39. The quantitative estimate of drug-likeness (QED) is 0.643. The zero-order chi connectivity index (χ0) is 11.5. The topological polar surface area (TPSA) is 30.5 Å². The molecule has 90 valence electrons. The van der Waals surface area contributed by atoms with Crippen molar-refractivity contribution in [3.63, 3.8) is 0 Å². The molecular weight excluding hydrogens is 202 g/mol. The summed E-state index contributed by atoms with van der Waals surface area (Å²) in [6.45, 7) is 3.99. The second-order valence-corrected chi connectivity index (χ2v) is 3.59. The van der Waals surface area contributed by atoms with Gasteiger partial charge in [-0.3, -0.25) is 0 Å². The Kier molecular flexibility index (Phi) is 7.68. The van der Waals surface area contributed by atoms with Gasteiger partial charge in [-0.2, -0.15) is 0 Å². The molecule has 16 heavy (non-hydrogen) atoms. The third-order valence-corrected chi connectivity index (χ3v) is 2.29. The van der Waals surface area contributed by atoms with Crippen molar-refractivity contribution in [3.05, 3.63) is 35.9 Å². The molecule has 0 atom stereocenters. The summed E-state index contributed by atoms with van der Waals surface area (Å²) in [6.07, 6.45) is 1.07. The van der Waals surface area contributed by atoms with Crippen LogP contribution in [0.2, 0.25) is 0 Å². The van der Waals surface area contributed by atoms with E-state index in [1.807, 2.05) is 6.07 Å². The van der Waals surface area contributed by atoms with Crippen molar-refractivity contribution in [2.75, 3.05) is 40.0 Å². The van der Waals surface area contributed by atoms with Gasteiger partial charge in [-0.1, -0.05) is 30.3 Å². The maximum atomic E-state index is 5.34. The normalized spacial score (nSPS) is 10.6. The lowest BCUT2D eigenvalue weighted by molar-refractivity contribution is 0.0721. The van der Waals surface area contributed by atoms with Gasteiger partial charge in [0.2, 0.25) is 0 Å². The monoisotopic (exact) mass is 223 g/mol. The first-order valence-corrected chi connectivity index (χ1v) is 5.75. The van der Waals surface area contributed by atoms with E-state index in [0.717, 1.165) is 26.1 Å². The smallest absolute Gasteiger partial charge is 0.0700 e. The van der Waals surface area contributed by atoms with Gasteiger partial charge >= 0.3 is 0 Å². The maximum Gasteiger partial charge on any atom is 0.0700 e. The van der Waals surface area contributed by atoms with E-state index in [1.165, 1.54) is 5.56 Å².